The van der Waals surface area contributed by atoms with Crippen LogP contribution in [0.5, 0.6) is 17.4 Å². The van der Waals surface area contributed by atoms with Crippen molar-refractivity contribution in [3.05, 3.63) is 80.8 Å². The molecule has 30 heavy (non-hydrogen) atoms. The van der Waals surface area contributed by atoms with Crippen molar-refractivity contribution in [3.8, 4) is 17.4 Å². The fourth-order valence-corrected chi connectivity index (χ4v) is 3.72. The lowest BCUT2D eigenvalue weighted by Gasteiger charge is -2.24. The number of benzene rings is 2. The molecule has 1 atom stereocenters. The van der Waals surface area contributed by atoms with Crippen LogP contribution in [-0.4, -0.2) is 10.1 Å². The molecular weight excluding hydrogens is 401 g/mol. The zero-order chi connectivity index (χ0) is 21.5. The number of H-pyrrole nitrogens is 1. The molecule has 1 heterocycles. The molecule has 0 fully saturated rings. The first-order valence-corrected chi connectivity index (χ1v) is 9.07. The normalized spacial score (nSPS) is 16.0. The highest BCUT2D eigenvalue weighted by atomic mass is 19.4. The Balaban J connectivity index is 1.68. The van der Waals surface area contributed by atoms with Crippen molar-refractivity contribution in [2.45, 2.75) is 31.4 Å². The smallest absolute Gasteiger partial charge is 0.419 e. The van der Waals surface area contributed by atoms with Crippen molar-refractivity contribution in [2.75, 3.05) is 0 Å². The maximum atomic E-state index is 13.4. The Morgan fingerprint density at radius 1 is 1.23 bits per heavy atom. The number of nitrogens with one attached hydrogen (secondary N) is 1. The molecule has 0 aliphatic heterocycles. The summed E-state index contributed by atoms with van der Waals surface area (Å²) in [5.74, 6) is -1.45. The second kappa shape index (κ2) is 7.30. The minimum absolute atomic E-state index is 0.129. The van der Waals surface area contributed by atoms with Crippen LogP contribution >= 0.6 is 0 Å². The molecule has 6 nitrogen and oxygen atoms in total. The lowest BCUT2D eigenvalue weighted by molar-refractivity contribution is -0.138. The van der Waals surface area contributed by atoms with Crippen molar-refractivity contribution >= 4 is 5.69 Å². The van der Waals surface area contributed by atoms with Crippen LogP contribution in [0.15, 0.2) is 45.6 Å². The molecule has 0 spiro atoms. The average molecular weight is 416 g/mol. The van der Waals surface area contributed by atoms with Crippen LogP contribution in [0.3, 0.4) is 0 Å². The zero-order valence-electron chi connectivity index (χ0n) is 15.4. The van der Waals surface area contributed by atoms with Crippen molar-refractivity contribution < 1.29 is 27.4 Å². The van der Waals surface area contributed by atoms with Gasteiger partial charge in [0.15, 0.2) is 11.4 Å². The number of aryl methyl sites for hydroxylation is 1. The number of rotatable bonds is 3. The highest BCUT2D eigenvalue weighted by Gasteiger charge is 2.35. The van der Waals surface area contributed by atoms with E-state index in [4.69, 9.17) is 15.7 Å². The number of nitrogens with zero attached hydrogens (tertiary/aromatic N) is 1. The van der Waals surface area contributed by atoms with E-state index in [2.05, 4.69) is 9.83 Å². The summed E-state index contributed by atoms with van der Waals surface area (Å²) in [5.41, 5.74) is 0.491. The summed E-state index contributed by atoms with van der Waals surface area (Å²) in [4.78, 5) is 16.6. The number of aromatic amines is 1. The Morgan fingerprint density at radius 3 is 2.70 bits per heavy atom. The molecule has 0 amide bonds. The number of hydrogen-bond donors (Lipinski definition) is 2. The molecule has 0 saturated heterocycles. The number of fused-ring (bicyclic) bond motifs is 1. The van der Waals surface area contributed by atoms with Crippen LogP contribution in [0, 0.1) is 6.57 Å². The second-order valence-corrected chi connectivity index (χ2v) is 6.92. The molecule has 1 aromatic heterocycles. The number of halogens is 3. The highest BCUT2D eigenvalue weighted by molar-refractivity contribution is 5.54. The molecule has 2 N–H and O–H groups in total. The van der Waals surface area contributed by atoms with E-state index < -0.39 is 23.2 Å². The number of ether oxygens (including phenoxy) is 1. The summed E-state index contributed by atoms with van der Waals surface area (Å²) in [6.45, 7) is 6.92. The molecule has 3 aromatic rings. The van der Waals surface area contributed by atoms with Crippen LogP contribution in [0.4, 0.5) is 18.9 Å². The second-order valence-electron chi connectivity index (χ2n) is 6.92. The lowest BCUT2D eigenvalue weighted by atomic mass is 9.81. The Hall–Kier alpha value is -3.67. The van der Waals surface area contributed by atoms with Gasteiger partial charge in [0, 0.05) is 5.92 Å². The molecule has 4 rings (SSSR count). The number of aromatic nitrogens is 1. The Kier molecular flexibility index (Phi) is 4.78. The van der Waals surface area contributed by atoms with Gasteiger partial charge in [-0.05, 0) is 54.7 Å². The Bertz CT molecular complexity index is 1200. The van der Waals surface area contributed by atoms with Gasteiger partial charge in [0.05, 0.1) is 12.1 Å². The van der Waals surface area contributed by atoms with Crippen LogP contribution in [0.25, 0.3) is 4.85 Å². The first-order chi connectivity index (χ1) is 14.3. The first kappa shape index (κ1) is 19.6. The monoisotopic (exact) mass is 416 g/mol. The topological polar surface area (TPSA) is 79.8 Å². The van der Waals surface area contributed by atoms with Gasteiger partial charge in [-0.1, -0.05) is 12.1 Å². The van der Waals surface area contributed by atoms with Gasteiger partial charge < -0.3 is 14.3 Å². The Labute approximate surface area is 168 Å². The third-order valence-corrected chi connectivity index (χ3v) is 5.03. The van der Waals surface area contributed by atoms with E-state index in [0.29, 0.717) is 12.8 Å². The van der Waals surface area contributed by atoms with E-state index in [-0.39, 0.29) is 29.0 Å². The molecule has 2 aromatic carbocycles. The third-order valence-electron chi connectivity index (χ3n) is 5.03. The maximum absolute atomic E-state index is 13.4. The lowest BCUT2D eigenvalue weighted by Crippen LogP contribution is -2.11. The van der Waals surface area contributed by atoms with Crippen LogP contribution < -0.4 is 10.5 Å². The molecule has 1 aliphatic carbocycles. The van der Waals surface area contributed by atoms with Gasteiger partial charge in [0.25, 0.3) is 0 Å². The quantitative estimate of drug-likeness (QED) is 0.553. The van der Waals surface area contributed by atoms with Gasteiger partial charge in [-0.3, -0.25) is 4.98 Å². The van der Waals surface area contributed by atoms with E-state index in [1.165, 1.54) is 12.1 Å². The largest absolute Gasteiger partial charge is 0.492 e. The van der Waals surface area contributed by atoms with Crippen molar-refractivity contribution in [1.29, 1.82) is 0 Å². The highest BCUT2D eigenvalue weighted by Crippen LogP contribution is 2.43. The number of oxazole rings is 1. The van der Waals surface area contributed by atoms with Gasteiger partial charge in [0.1, 0.15) is 11.5 Å². The minimum atomic E-state index is -4.67. The number of aromatic hydroxyl groups is 1. The predicted octanol–water partition coefficient (Wildman–Crippen LogP) is 5.50. The predicted molar refractivity (Wildman–Crippen MR) is 100.0 cm³/mol. The summed E-state index contributed by atoms with van der Waals surface area (Å²) in [6.07, 6.45) is -2.61. The van der Waals surface area contributed by atoms with Crippen molar-refractivity contribution in [2.24, 2.45) is 0 Å². The molecule has 0 saturated carbocycles. The summed E-state index contributed by atoms with van der Waals surface area (Å²) >= 11 is 0. The molecule has 0 bridgehead atoms. The average Bonchev–Trinajstić information content (AvgIpc) is 3.04. The summed E-state index contributed by atoms with van der Waals surface area (Å²) < 4.78 is 50.7. The SMILES string of the molecule is [C-]#[N+]c1ccc(Oc2ccc3c(c2)CCC[C@H]3c2oc(=O)[nH]c2O)c(C(F)(F)F)c1. The molecule has 1 aliphatic rings. The standard InChI is InChI=1S/C21H15F3N2O4/c1-25-12-5-8-17(16(10-12)21(22,23)24)29-13-6-7-14-11(9-13)3-2-4-15(14)18-19(27)26-20(28)30-18/h5-10,15,27H,2-4H2,(H,26,28)/t15-/m1/s1. The molecule has 0 unspecified atom stereocenters. The fourth-order valence-electron chi connectivity index (χ4n) is 3.72. The van der Waals surface area contributed by atoms with E-state index in [0.717, 1.165) is 29.7 Å². The maximum Gasteiger partial charge on any atom is 0.419 e. The third kappa shape index (κ3) is 3.64. The van der Waals surface area contributed by atoms with Crippen LogP contribution in [-0.2, 0) is 12.6 Å². The van der Waals surface area contributed by atoms with E-state index in [1.807, 2.05) is 0 Å². The van der Waals surface area contributed by atoms with Gasteiger partial charge in [-0.25, -0.2) is 9.64 Å². The molecule has 0 radical (unpaired) electrons. The fraction of sp³-hybridized carbons (Fsp3) is 0.238. The summed E-state index contributed by atoms with van der Waals surface area (Å²) in [6, 6.07) is 8.02. The summed E-state index contributed by atoms with van der Waals surface area (Å²) in [7, 11) is 0. The molecule has 9 heteroatoms. The van der Waals surface area contributed by atoms with Crippen LogP contribution in [0.2, 0.25) is 0 Å². The number of hydrogen-bond acceptors (Lipinski definition) is 4. The van der Waals surface area contributed by atoms with E-state index in [9.17, 15) is 23.1 Å². The van der Waals surface area contributed by atoms with Crippen molar-refractivity contribution in [1.82, 2.24) is 4.98 Å². The van der Waals surface area contributed by atoms with Gasteiger partial charge in [0.2, 0.25) is 5.88 Å². The van der Waals surface area contributed by atoms with Gasteiger partial charge in [-0.15, -0.1) is 0 Å². The minimum Gasteiger partial charge on any atom is -0.492 e. The van der Waals surface area contributed by atoms with Crippen molar-refractivity contribution in [3.63, 3.8) is 0 Å². The van der Waals surface area contributed by atoms with Crippen LogP contribution in [0.1, 0.15) is 41.2 Å². The first-order valence-electron chi connectivity index (χ1n) is 9.07. The molecular formula is C21H15F3N2O4. The molecule has 154 valence electrons. The van der Waals surface area contributed by atoms with E-state index in [1.54, 1.807) is 12.1 Å². The number of alkyl halides is 3. The Morgan fingerprint density at radius 2 is 2.03 bits per heavy atom. The summed E-state index contributed by atoms with van der Waals surface area (Å²) in [5, 5.41) is 9.91. The zero-order valence-corrected chi connectivity index (χ0v) is 15.4. The van der Waals surface area contributed by atoms with E-state index >= 15 is 0 Å². The van der Waals surface area contributed by atoms with Gasteiger partial charge in [-0.2, -0.15) is 13.2 Å². The van der Waals surface area contributed by atoms with Gasteiger partial charge >= 0.3 is 11.9 Å².